The van der Waals surface area contributed by atoms with Crippen molar-refractivity contribution >= 4 is 23.3 Å². The first-order valence-corrected chi connectivity index (χ1v) is 4.39. The first-order chi connectivity index (χ1) is 7.27. The van der Waals surface area contributed by atoms with E-state index in [1.807, 2.05) is 0 Å². The Morgan fingerprint density at radius 1 is 1.44 bits per heavy atom. The zero-order chi connectivity index (χ0) is 12.5. The summed E-state index contributed by atoms with van der Waals surface area (Å²) in [6, 6.07) is 1.44. The third kappa shape index (κ3) is 2.38. The average molecular weight is 254 g/mol. The molecule has 3 nitrogen and oxygen atoms in total. The van der Waals surface area contributed by atoms with Crippen LogP contribution in [0.15, 0.2) is 12.1 Å². The lowest BCUT2D eigenvalue weighted by molar-refractivity contribution is -0.136. The normalized spacial score (nSPS) is 11.3. The molecule has 0 unspecified atom stereocenters. The van der Waals surface area contributed by atoms with Gasteiger partial charge < -0.3 is 10.5 Å². The molecule has 0 heterocycles. The molecule has 0 aromatic heterocycles. The van der Waals surface area contributed by atoms with E-state index in [1.165, 1.54) is 0 Å². The molecule has 2 N–H and O–H groups in total. The standard InChI is InChI=1S/C9H7ClF3NO2/c1-16-8(15)4-2-5(9(11,12)13)7(14)3-6(4)10/h2-3H,14H2,1H3. The third-order valence-electron chi connectivity index (χ3n) is 1.85. The highest BCUT2D eigenvalue weighted by atomic mass is 35.5. The topological polar surface area (TPSA) is 52.3 Å². The summed E-state index contributed by atoms with van der Waals surface area (Å²) in [7, 11) is 1.04. The van der Waals surface area contributed by atoms with Gasteiger partial charge >= 0.3 is 12.1 Å². The van der Waals surface area contributed by atoms with Crippen molar-refractivity contribution in [2.75, 3.05) is 12.8 Å². The quantitative estimate of drug-likeness (QED) is 0.618. The second kappa shape index (κ2) is 4.21. The number of rotatable bonds is 1. The Kier molecular flexibility index (Phi) is 3.32. The summed E-state index contributed by atoms with van der Waals surface area (Å²) in [6.45, 7) is 0. The molecule has 0 aliphatic rings. The molecule has 0 bridgehead atoms. The number of carbonyl (C=O) groups excluding carboxylic acids is 1. The Morgan fingerprint density at radius 3 is 2.44 bits per heavy atom. The van der Waals surface area contributed by atoms with Crippen molar-refractivity contribution in [2.45, 2.75) is 6.18 Å². The number of alkyl halides is 3. The van der Waals surface area contributed by atoms with E-state index in [0.717, 1.165) is 13.2 Å². The van der Waals surface area contributed by atoms with Crippen molar-refractivity contribution in [2.24, 2.45) is 0 Å². The second-order valence-corrected chi connectivity index (χ2v) is 3.32. The van der Waals surface area contributed by atoms with Crippen LogP contribution in [0.5, 0.6) is 0 Å². The van der Waals surface area contributed by atoms with E-state index < -0.39 is 23.4 Å². The molecular weight excluding hydrogens is 247 g/mol. The molecule has 0 amide bonds. The summed E-state index contributed by atoms with van der Waals surface area (Å²) < 4.78 is 41.7. The largest absolute Gasteiger partial charge is 0.465 e. The molecule has 16 heavy (non-hydrogen) atoms. The Hall–Kier alpha value is -1.43. The average Bonchev–Trinajstić information content (AvgIpc) is 2.14. The van der Waals surface area contributed by atoms with Crippen LogP contribution >= 0.6 is 11.6 Å². The summed E-state index contributed by atoms with van der Waals surface area (Å²) in [6.07, 6.45) is -4.64. The number of hydrogen-bond donors (Lipinski definition) is 1. The van der Waals surface area contributed by atoms with Gasteiger partial charge in [-0.25, -0.2) is 4.79 Å². The van der Waals surface area contributed by atoms with Gasteiger partial charge in [0.05, 0.1) is 23.3 Å². The van der Waals surface area contributed by atoms with Gasteiger partial charge in [-0.3, -0.25) is 0 Å². The van der Waals surface area contributed by atoms with Gasteiger partial charge in [-0.15, -0.1) is 0 Å². The molecular formula is C9H7ClF3NO2. The monoisotopic (exact) mass is 253 g/mol. The maximum Gasteiger partial charge on any atom is 0.418 e. The second-order valence-electron chi connectivity index (χ2n) is 2.91. The lowest BCUT2D eigenvalue weighted by atomic mass is 10.1. The maximum absolute atomic E-state index is 12.5. The van der Waals surface area contributed by atoms with Crippen LogP contribution in [0.1, 0.15) is 15.9 Å². The van der Waals surface area contributed by atoms with Crippen molar-refractivity contribution in [3.05, 3.63) is 28.3 Å². The fraction of sp³-hybridized carbons (Fsp3) is 0.222. The summed E-state index contributed by atoms with van der Waals surface area (Å²) in [5.74, 6) is -0.949. The Labute approximate surface area is 93.9 Å². The number of methoxy groups -OCH3 is 1. The van der Waals surface area contributed by atoms with Crippen molar-refractivity contribution < 1.29 is 22.7 Å². The molecule has 1 aromatic carbocycles. The fourth-order valence-corrected chi connectivity index (χ4v) is 1.35. The zero-order valence-corrected chi connectivity index (χ0v) is 8.82. The Morgan fingerprint density at radius 2 is 2.00 bits per heavy atom. The van der Waals surface area contributed by atoms with Gasteiger partial charge in [-0.05, 0) is 12.1 Å². The molecule has 0 fully saturated rings. The first kappa shape index (κ1) is 12.6. The van der Waals surface area contributed by atoms with Gasteiger partial charge in [0.15, 0.2) is 0 Å². The van der Waals surface area contributed by atoms with Gasteiger partial charge in [-0.1, -0.05) is 11.6 Å². The van der Waals surface area contributed by atoms with Crippen molar-refractivity contribution in [3.63, 3.8) is 0 Å². The molecule has 1 rings (SSSR count). The van der Waals surface area contributed by atoms with Crippen LogP contribution in [0.3, 0.4) is 0 Å². The van der Waals surface area contributed by atoms with E-state index in [0.29, 0.717) is 6.07 Å². The first-order valence-electron chi connectivity index (χ1n) is 4.02. The van der Waals surface area contributed by atoms with E-state index in [9.17, 15) is 18.0 Å². The third-order valence-corrected chi connectivity index (χ3v) is 2.16. The van der Waals surface area contributed by atoms with Crippen molar-refractivity contribution in [1.29, 1.82) is 0 Å². The maximum atomic E-state index is 12.5. The van der Waals surface area contributed by atoms with Crippen LogP contribution in [0.2, 0.25) is 5.02 Å². The molecule has 0 atom stereocenters. The van der Waals surface area contributed by atoms with Gasteiger partial charge in [0, 0.05) is 5.69 Å². The number of benzene rings is 1. The van der Waals surface area contributed by atoms with E-state index in [-0.39, 0.29) is 10.6 Å². The number of carbonyl (C=O) groups is 1. The molecule has 0 saturated heterocycles. The summed E-state index contributed by atoms with van der Waals surface area (Å²) in [5.41, 5.74) is 3.14. The minimum absolute atomic E-state index is 0.183. The van der Waals surface area contributed by atoms with Crippen LogP contribution in [-0.2, 0) is 10.9 Å². The highest BCUT2D eigenvalue weighted by molar-refractivity contribution is 6.33. The van der Waals surface area contributed by atoms with E-state index in [2.05, 4.69) is 4.74 Å². The minimum Gasteiger partial charge on any atom is -0.465 e. The minimum atomic E-state index is -4.64. The molecule has 0 aliphatic heterocycles. The zero-order valence-electron chi connectivity index (χ0n) is 8.06. The van der Waals surface area contributed by atoms with Gasteiger partial charge in [0.2, 0.25) is 0 Å². The number of ether oxygens (including phenoxy) is 1. The molecule has 0 saturated carbocycles. The molecule has 0 radical (unpaired) electrons. The van der Waals surface area contributed by atoms with Crippen LogP contribution in [0.4, 0.5) is 18.9 Å². The van der Waals surface area contributed by atoms with Crippen LogP contribution in [0.25, 0.3) is 0 Å². The summed E-state index contributed by atoms with van der Waals surface area (Å²) >= 11 is 5.58. The van der Waals surface area contributed by atoms with Crippen LogP contribution in [-0.4, -0.2) is 13.1 Å². The lowest BCUT2D eigenvalue weighted by Crippen LogP contribution is -2.12. The lowest BCUT2D eigenvalue weighted by Gasteiger charge is -2.12. The van der Waals surface area contributed by atoms with Crippen LogP contribution < -0.4 is 5.73 Å². The predicted molar refractivity (Wildman–Crippen MR) is 52.2 cm³/mol. The molecule has 7 heteroatoms. The number of halogens is 4. The fourth-order valence-electron chi connectivity index (χ4n) is 1.10. The van der Waals surface area contributed by atoms with Crippen molar-refractivity contribution in [3.8, 4) is 0 Å². The molecule has 88 valence electrons. The number of hydrogen-bond acceptors (Lipinski definition) is 3. The Balaban J connectivity index is 3.39. The molecule has 0 spiro atoms. The summed E-state index contributed by atoms with van der Waals surface area (Å²) in [4.78, 5) is 11.1. The SMILES string of the molecule is COC(=O)c1cc(C(F)(F)F)c(N)cc1Cl. The summed E-state index contributed by atoms with van der Waals surface area (Å²) in [5, 5.41) is -0.183. The van der Waals surface area contributed by atoms with Gasteiger partial charge in [0.25, 0.3) is 0 Å². The number of nitrogen functional groups attached to an aromatic ring is 1. The molecule has 0 aliphatic carbocycles. The predicted octanol–water partition coefficient (Wildman–Crippen LogP) is 2.73. The Bertz CT molecular complexity index is 431. The van der Waals surface area contributed by atoms with E-state index in [4.69, 9.17) is 17.3 Å². The van der Waals surface area contributed by atoms with E-state index in [1.54, 1.807) is 0 Å². The number of anilines is 1. The number of nitrogens with two attached hydrogens (primary N) is 1. The highest BCUT2D eigenvalue weighted by Crippen LogP contribution is 2.36. The highest BCUT2D eigenvalue weighted by Gasteiger charge is 2.34. The van der Waals surface area contributed by atoms with Crippen molar-refractivity contribution in [1.82, 2.24) is 0 Å². The van der Waals surface area contributed by atoms with E-state index >= 15 is 0 Å². The number of esters is 1. The molecule has 1 aromatic rings. The smallest absolute Gasteiger partial charge is 0.418 e. The van der Waals surface area contributed by atoms with Gasteiger partial charge in [-0.2, -0.15) is 13.2 Å². The van der Waals surface area contributed by atoms with Crippen LogP contribution in [0, 0.1) is 0 Å². The van der Waals surface area contributed by atoms with Gasteiger partial charge in [0.1, 0.15) is 0 Å².